The summed E-state index contributed by atoms with van der Waals surface area (Å²) < 4.78 is 17.8. The van der Waals surface area contributed by atoms with Crippen molar-refractivity contribution in [2.45, 2.75) is 11.9 Å². The van der Waals surface area contributed by atoms with E-state index >= 15 is 0 Å². The summed E-state index contributed by atoms with van der Waals surface area (Å²) in [7, 11) is -3.45. The van der Waals surface area contributed by atoms with E-state index in [2.05, 4.69) is 0 Å². The van der Waals surface area contributed by atoms with Crippen LogP contribution in [0.25, 0.3) is 0 Å². The molecule has 1 aliphatic heterocycles. The molecule has 0 amide bonds. The van der Waals surface area contributed by atoms with Crippen molar-refractivity contribution in [2.75, 3.05) is 0 Å². The lowest BCUT2D eigenvalue weighted by Crippen LogP contribution is -2.08. The van der Waals surface area contributed by atoms with Gasteiger partial charge in [-0.05, 0) is 17.7 Å². The highest BCUT2D eigenvalue weighted by atomic mass is 31.2. The lowest BCUT2D eigenvalue weighted by Gasteiger charge is -2.08. The van der Waals surface area contributed by atoms with Gasteiger partial charge in [-0.15, -0.1) is 0 Å². The zero-order valence-electron chi connectivity index (χ0n) is 9.64. The van der Waals surface area contributed by atoms with E-state index in [-0.39, 0.29) is 6.10 Å². The van der Waals surface area contributed by atoms with E-state index in [4.69, 9.17) is 4.74 Å². The topological polar surface area (TPSA) is 49.8 Å². The standard InChI is InChI=1S/C14H13O3P/c15-18(16,12-9-5-2-6-10-12)14-13(17-14)11-7-3-1-4-8-11/h1-10,13-14H,(H,15,16). The van der Waals surface area contributed by atoms with Gasteiger partial charge in [-0.2, -0.15) is 0 Å². The molecule has 0 aliphatic carbocycles. The highest BCUT2D eigenvalue weighted by molar-refractivity contribution is 7.66. The number of rotatable bonds is 3. The van der Waals surface area contributed by atoms with Crippen LogP contribution in [0.4, 0.5) is 0 Å². The average molecular weight is 260 g/mol. The van der Waals surface area contributed by atoms with Gasteiger partial charge in [-0.25, -0.2) is 0 Å². The van der Waals surface area contributed by atoms with Crippen molar-refractivity contribution in [1.82, 2.24) is 0 Å². The van der Waals surface area contributed by atoms with Crippen molar-refractivity contribution in [3.63, 3.8) is 0 Å². The van der Waals surface area contributed by atoms with E-state index in [1.807, 2.05) is 36.4 Å². The maximum atomic E-state index is 12.4. The summed E-state index contributed by atoms with van der Waals surface area (Å²) in [6.07, 6.45) is -0.262. The Balaban J connectivity index is 1.84. The van der Waals surface area contributed by atoms with Gasteiger partial charge in [-0.1, -0.05) is 48.5 Å². The van der Waals surface area contributed by atoms with Crippen LogP contribution in [0.2, 0.25) is 0 Å². The zero-order chi connectivity index (χ0) is 12.6. The van der Waals surface area contributed by atoms with Gasteiger partial charge in [-0.3, -0.25) is 4.57 Å². The lowest BCUT2D eigenvalue weighted by molar-refractivity contribution is 0.386. The van der Waals surface area contributed by atoms with Crippen LogP contribution in [-0.2, 0) is 9.30 Å². The minimum Gasteiger partial charge on any atom is -0.353 e. The first-order valence-corrected chi connectivity index (χ1v) is 7.51. The second-order valence-corrected chi connectivity index (χ2v) is 6.59. The van der Waals surface area contributed by atoms with Crippen LogP contribution in [0.3, 0.4) is 0 Å². The third-order valence-electron chi connectivity index (χ3n) is 3.07. The molecule has 3 atom stereocenters. The van der Waals surface area contributed by atoms with Crippen LogP contribution < -0.4 is 5.30 Å². The number of hydrogen-bond donors (Lipinski definition) is 1. The second kappa shape index (κ2) is 4.36. The summed E-state index contributed by atoms with van der Waals surface area (Å²) in [5, 5.41) is 0.452. The fourth-order valence-electron chi connectivity index (χ4n) is 2.05. The Hall–Kier alpha value is -1.41. The normalized spacial score (nSPS) is 25.4. The van der Waals surface area contributed by atoms with Gasteiger partial charge in [0.1, 0.15) is 6.10 Å². The molecule has 18 heavy (non-hydrogen) atoms. The van der Waals surface area contributed by atoms with Crippen LogP contribution in [-0.4, -0.2) is 10.7 Å². The van der Waals surface area contributed by atoms with Gasteiger partial charge < -0.3 is 9.63 Å². The van der Waals surface area contributed by atoms with Gasteiger partial charge >= 0.3 is 0 Å². The molecule has 1 aliphatic rings. The largest absolute Gasteiger partial charge is 0.353 e. The molecule has 0 spiro atoms. The molecular formula is C14H13O3P. The highest BCUT2D eigenvalue weighted by Gasteiger charge is 2.53. The summed E-state index contributed by atoms with van der Waals surface area (Å²) in [5.41, 5.74) is 0.952. The Morgan fingerprint density at radius 1 is 0.944 bits per heavy atom. The van der Waals surface area contributed by atoms with Crippen LogP contribution in [0.1, 0.15) is 11.7 Å². The quantitative estimate of drug-likeness (QED) is 0.681. The molecule has 3 nitrogen and oxygen atoms in total. The molecule has 1 N–H and O–H groups in total. The molecule has 3 unspecified atom stereocenters. The van der Waals surface area contributed by atoms with Crippen molar-refractivity contribution in [3.8, 4) is 0 Å². The van der Waals surface area contributed by atoms with Crippen molar-refractivity contribution >= 4 is 12.7 Å². The maximum absolute atomic E-state index is 12.4. The van der Waals surface area contributed by atoms with Crippen molar-refractivity contribution in [3.05, 3.63) is 66.2 Å². The van der Waals surface area contributed by atoms with Crippen molar-refractivity contribution < 1.29 is 14.2 Å². The van der Waals surface area contributed by atoms with Gasteiger partial charge in [0.05, 0.1) is 0 Å². The summed E-state index contributed by atoms with van der Waals surface area (Å²) in [6, 6.07) is 18.2. The Kier molecular flexibility index (Phi) is 2.83. The fourth-order valence-corrected chi connectivity index (χ4v) is 3.77. The molecule has 4 heteroatoms. The minimum absolute atomic E-state index is 0.262. The molecule has 2 aromatic rings. The lowest BCUT2D eigenvalue weighted by atomic mass is 10.2. The van der Waals surface area contributed by atoms with Gasteiger partial charge in [0.2, 0.25) is 0 Å². The van der Waals surface area contributed by atoms with E-state index in [1.54, 1.807) is 24.3 Å². The maximum Gasteiger partial charge on any atom is 0.260 e. The zero-order valence-corrected chi connectivity index (χ0v) is 10.5. The summed E-state index contributed by atoms with van der Waals surface area (Å²) >= 11 is 0. The van der Waals surface area contributed by atoms with E-state index in [1.165, 1.54) is 0 Å². The SMILES string of the molecule is O=P(O)(c1ccccc1)C1OC1c1ccccc1. The Bertz CT molecular complexity index is 583. The summed E-state index contributed by atoms with van der Waals surface area (Å²) in [5.74, 6) is -0.609. The molecule has 0 aromatic heterocycles. The first-order chi connectivity index (χ1) is 8.69. The van der Waals surface area contributed by atoms with Crippen LogP contribution in [0.15, 0.2) is 60.7 Å². The van der Waals surface area contributed by atoms with Crippen LogP contribution >= 0.6 is 7.37 Å². The van der Waals surface area contributed by atoms with E-state index in [0.29, 0.717) is 5.30 Å². The molecular weight excluding hydrogens is 247 g/mol. The molecule has 0 radical (unpaired) electrons. The van der Waals surface area contributed by atoms with E-state index < -0.39 is 13.2 Å². The second-order valence-electron chi connectivity index (χ2n) is 4.32. The molecule has 0 saturated carbocycles. The molecule has 2 aromatic carbocycles. The van der Waals surface area contributed by atoms with Crippen molar-refractivity contribution in [2.24, 2.45) is 0 Å². The monoisotopic (exact) mass is 260 g/mol. The van der Waals surface area contributed by atoms with Crippen LogP contribution in [0, 0.1) is 0 Å². The molecule has 92 valence electrons. The Labute approximate surface area is 105 Å². The minimum atomic E-state index is -3.45. The average Bonchev–Trinajstić information content (AvgIpc) is 3.22. The fraction of sp³-hybridized carbons (Fsp3) is 0.143. The smallest absolute Gasteiger partial charge is 0.260 e. The number of benzene rings is 2. The predicted molar refractivity (Wildman–Crippen MR) is 70.0 cm³/mol. The molecule has 0 bridgehead atoms. The van der Waals surface area contributed by atoms with E-state index in [0.717, 1.165) is 5.56 Å². The highest BCUT2D eigenvalue weighted by Crippen LogP contribution is 2.61. The third-order valence-corrected chi connectivity index (χ3v) is 5.19. The number of hydrogen-bond acceptors (Lipinski definition) is 2. The Morgan fingerprint density at radius 2 is 1.50 bits per heavy atom. The first-order valence-electron chi connectivity index (χ1n) is 5.78. The van der Waals surface area contributed by atoms with Gasteiger partial charge in [0, 0.05) is 5.30 Å². The first kappa shape index (κ1) is 11.7. The third kappa shape index (κ3) is 2.01. The molecule has 1 fully saturated rings. The predicted octanol–water partition coefficient (Wildman–Crippen LogP) is 2.68. The van der Waals surface area contributed by atoms with Gasteiger partial charge in [0.15, 0.2) is 5.85 Å². The number of ether oxygens (including phenoxy) is 1. The number of epoxide rings is 1. The molecule has 1 heterocycles. The van der Waals surface area contributed by atoms with Crippen molar-refractivity contribution in [1.29, 1.82) is 0 Å². The Morgan fingerprint density at radius 3 is 2.11 bits per heavy atom. The van der Waals surface area contributed by atoms with Gasteiger partial charge in [0.25, 0.3) is 7.37 Å². The molecule has 1 saturated heterocycles. The summed E-state index contributed by atoms with van der Waals surface area (Å²) in [4.78, 5) is 10.2. The summed E-state index contributed by atoms with van der Waals surface area (Å²) in [6.45, 7) is 0. The van der Waals surface area contributed by atoms with Crippen LogP contribution in [0.5, 0.6) is 0 Å². The van der Waals surface area contributed by atoms with E-state index in [9.17, 15) is 9.46 Å². The molecule has 3 rings (SSSR count).